The Balaban J connectivity index is 2.38. The van der Waals surface area contributed by atoms with Crippen molar-refractivity contribution in [3.8, 4) is 0 Å². The number of hydrogen-bond donors (Lipinski definition) is 2. The summed E-state index contributed by atoms with van der Waals surface area (Å²) in [4.78, 5) is -0.250. The summed E-state index contributed by atoms with van der Waals surface area (Å²) in [5.41, 5.74) is 0.380. The molecular formula is C13H13BrN2O4S2. The van der Waals surface area contributed by atoms with Gasteiger partial charge in [0.25, 0.3) is 10.0 Å². The van der Waals surface area contributed by atoms with Gasteiger partial charge in [-0.15, -0.1) is 0 Å². The van der Waals surface area contributed by atoms with Crippen LogP contribution in [-0.4, -0.2) is 23.9 Å². The topological polar surface area (TPSA) is 92.3 Å². The third kappa shape index (κ3) is 3.86. The summed E-state index contributed by atoms with van der Waals surface area (Å²) in [6, 6.07) is 11.7. The lowest BCUT2D eigenvalue weighted by Gasteiger charge is -2.09. The monoisotopic (exact) mass is 404 g/mol. The van der Waals surface area contributed by atoms with E-state index in [1.54, 1.807) is 24.3 Å². The van der Waals surface area contributed by atoms with Crippen molar-refractivity contribution in [2.24, 2.45) is 0 Å². The maximum Gasteiger partial charge on any atom is 0.261 e. The van der Waals surface area contributed by atoms with Crippen molar-refractivity contribution in [1.29, 1.82) is 0 Å². The fourth-order valence-corrected chi connectivity index (χ4v) is 3.88. The van der Waals surface area contributed by atoms with Gasteiger partial charge in [0.1, 0.15) is 0 Å². The minimum absolute atomic E-state index is 0.117. The summed E-state index contributed by atoms with van der Waals surface area (Å²) in [6.45, 7) is 0. The Kier molecular flexibility index (Phi) is 4.90. The van der Waals surface area contributed by atoms with Crippen LogP contribution in [0.1, 0.15) is 0 Å². The lowest BCUT2D eigenvalue weighted by molar-refractivity contribution is 0.588. The summed E-state index contributed by atoms with van der Waals surface area (Å²) in [6.07, 6.45) is 0. The second kappa shape index (κ2) is 6.37. The van der Waals surface area contributed by atoms with Crippen molar-refractivity contribution < 1.29 is 16.8 Å². The molecule has 0 saturated heterocycles. The van der Waals surface area contributed by atoms with Crippen LogP contribution in [0.4, 0.5) is 5.69 Å². The number of hydrogen-bond acceptors (Lipinski definition) is 4. The maximum atomic E-state index is 12.3. The van der Waals surface area contributed by atoms with Gasteiger partial charge in [-0.1, -0.05) is 22.0 Å². The van der Waals surface area contributed by atoms with Crippen molar-refractivity contribution in [3.63, 3.8) is 0 Å². The second-order valence-corrected chi connectivity index (χ2v) is 8.78. The summed E-state index contributed by atoms with van der Waals surface area (Å²) < 4.78 is 53.5. The Morgan fingerprint density at radius 1 is 0.864 bits per heavy atom. The zero-order valence-corrected chi connectivity index (χ0v) is 14.7. The molecule has 0 amide bonds. The SMILES string of the molecule is CNS(=O)(=O)c1cccc(S(=O)(=O)Nc2ccc(Br)cc2)c1. The molecule has 9 heteroatoms. The van der Waals surface area contributed by atoms with Crippen LogP contribution in [0.15, 0.2) is 62.8 Å². The third-order valence-electron chi connectivity index (χ3n) is 2.79. The van der Waals surface area contributed by atoms with Crippen LogP contribution in [0, 0.1) is 0 Å². The Labute approximate surface area is 137 Å². The molecule has 0 fully saturated rings. The highest BCUT2D eigenvalue weighted by Gasteiger charge is 2.18. The molecule has 2 N–H and O–H groups in total. The van der Waals surface area contributed by atoms with E-state index in [0.717, 1.165) is 10.5 Å². The van der Waals surface area contributed by atoms with Crippen molar-refractivity contribution in [2.75, 3.05) is 11.8 Å². The normalized spacial score (nSPS) is 12.1. The molecule has 2 rings (SSSR count). The average Bonchev–Trinajstić information content (AvgIpc) is 2.49. The zero-order valence-electron chi connectivity index (χ0n) is 11.4. The van der Waals surface area contributed by atoms with E-state index in [4.69, 9.17) is 0 Å². The average molecular weight is 405 g/mol. The largest absolute Gasteiger partial charge is 0.280 e. The van der Waals surface area contributed by atoms with Crippen LogP contribution >= 0.6 is 15.9 Å². The summed E-state index contributed by atoms with van der Waals surface area (Å²) >= 11 is 3.26. The molecule has 0 aliphatic rings. The highest BCUT2D eigenvalue weighted by atomic mass is 79.9. The van der Waals surface area contributed by atoms with Gasteiger partial charge >= 0.3 is 0 Å². The first kappa shape index (κ1) is 16.9. The van der Waals surface area contributed by atoms with Crippen LogP contribution in [0.2, 0.25) is 0 Å². The van der Waals surface area contributed by atoms with Crippen LogP contribution in [0.25, 0.3) is 0 Å². The first-order chi connectivity index (χ1) is 10.2. The predicted molar refractivity (Wildman–Crippen MR) is 87.6 cm³/mol. The molecule has 2 aromatic carbocycles. The first-order valence-electron chi connectivity index (χ1n) is 6.06. The van der Waals surface area contributed by atoms with Crippen LogP contribution in [0.3, 0.4) is 0 Å². The van der Waals surface area contributed by atoms with Crippen molar-refractivity contribution in [2.45, 2.75) is 9.79 Å². The molecule has 0 heterocycles. The number of halogens is 1. The van der Waals surface area contributed by atoms with E-state index in [0.29, 0.717) is 5.69 Å². The molecule has 22 heavy (non-hydrogen) atoms. The number of rotatable bonds is 5. The minimum Gasteiger partial charge on any atom is -0.280 e. The summed E-state index contributed by atoms with van der Waals surface area (Å²) in [5, 5.41) is 0. The molecule has 0 bridgehead atoms. The number of nitrogens with one attached hydrogen (secondary N) is 2. The molecule has 0 unspecified atom stereocenters. The zero-order chi connectivity index (χ0) is 16.4. The lowest BCUT2D eigenvalue weighted by atomic mass is 10.3. The second-order valence-electron chi connectivity index (χ2n) is 4.29. The molecule has 6 nitrogen and oxygen atoms in total. The Morgan fingerprint density at radius 2 is 1.41 bits per heavy atom. The highest BCUT2D eigenvalue weighted by molar-refractivity contribution is 9.10. The Bertz CT molecular complexity index is 879. The molecule has 0 radical (unpaired) electrons. The van der Waals surface area contributed by atoms with E-state index in [2.05, 4.69) is 25.4 Å². The van der Waals surface area contributed by atoms with E-state index < -0.39 is 20.0 Å². The summed E-state index contributed by atoms with van der Waals surface area (Å²) in [5.74, 6) is 0. The van der Waals surface area contributed by atoms with E-state index in [1.807, 2.05) is 0 Å². The van der Waals surface area contributed by atoms with Gasteiger partial charge in [-0.3, -0.25) is 4.72 Å². The molecule has 0 saturated carbocycles. The van der Waals surface area contributed by atoms with E-state index in [-0.39, 0.29) is 9.79 Å². The van der Waals surface area contributed by atoms with Gasteiger partial charge in [0, 0.05) is 10.2 Å². The van der Waals surface area contributed by atoms with Gasteiger partial charge in [0.15, 0.2) is 0 Å². The molecule has 0 spiro atoms. The molecular weight excluding hydrogens is 392 g/mol. The van der Waals surface area contributed by atoms with Gasteiger partial charge in [-0.25, -0.2) is 21.6 Å². The number of anilines is 1. The minimum atomic E-state index is -3.87. The van der Waals surface area contributed by atoms with Crippen molar-refractivity contribution in [3.05, 3.63) is 53.0 Å². The number of benzene rings is 2. The lowest BCUT2D eigenvalue weighted by Crippen LogP contribution is -2.19. The van der Waals surface area contributed by atoms with Gasteiger partial charge in [0.2, 0.25) is 10.0 Å². The molecule has 118 valence electrons. The van der Waals surface area contributed by atoms with E-state index in [1.165, 1.54) is 25.2 Å². The molecule has 0 atom stereocenters. The maximum absolute atomic E-state index is 12.3. The summed E-state index contributed by atoms with van der Waals surface area (Å²) in [7, 11) is -6.32. The molecule has 0 aliphatic heterocycles. The van der Waals surface area contributed by atoms with Crippen LogP contribution in [-0.2, 0) is 20.0 Å². The Morgan fingerprint density at radius 3 is 1.95 bits per heavy atom. The quantitative estimate of drug-likeness (QED) is 0.798. The number of sulfonamides is 2. The van der Waals surface area contributed by atoms with E-state index in [9.17, 15) is 16.8 Å². The smallest absolute Gasteiger partial charge is 0.261 e. The predicted octanol–water partition coefficient (Wildman–Crippen LogP) is 2.16. The van der Waals surface area contributed by atoms with E-state index >= 15 is 0 Å². The fourth-order valence-electron chi connectivity index (χ4n) is 1.66. The fraction of sp³-hybridized carbons (Fsp3) is 0.0769. The third-order valence-corrected chi connectivity index (χ3v) is 6.11. The van der Waals surface area contributed by atoms with Gasteiger partial charge in [-0.2, -0.15) is 0 Å². The van der Waals surface area contributed by atoms with Gasteiger partial charge < -0.3 is 0 Å². The van der Waals surface area contributed by atoms with Gasteiger partial charge in [0.05, 0.1) is 9.79 Å². The van der Waals surface area contributed by atoms with Crippen molar-refractivity contribution in [1.82, 2.24) is 4.72 Å². The molecule has 2 aromatic rings. The van der Waals surface area contributed by atoms with Crippen LogP contribution < -0.4 is 9.44 Å². The molecule has 0 aromatic heterocycles. The van der Waals surface area contributed by atoms with Crippen LogP contribution in [0.5, 0.6) is 0 Å². The van der Waals surface area contributed by atoms with Crippen molar-refractivity contribution >= 4 is 41.7 Å². The highest BCUT2D eigenvalue weighted by Crippen LogP contribution is 2.20. The van der Waals surface area contributed by atoms with Gasteiger partial charge in [-0.05, 0) is 49.5 Å². The Hall–Kier alpha value is -1.42. The molecule has 0 aliphatic carbocycles. The first-order valence-corrected chi connectivity index (χ1v) is 9.82. The standard InChI is InChI=1S/C13H13BrN2O4S2/c1-15-21(17,18)12-3-2-4-13(9-12)22(19,20)16-11-7-5-10(14)6-8-11/h2-9,15-16H,1H3.